The van der Waals surface area contributed by atoms with Gasteiger partial charge in [0.15, 0.2) is 0 Å². The number of alkyl halides is 3. The van der Waals surface area contributed by atoms with Crippen LogP contribution in [0.5, 0.6) is 0 Å². The zero-order valence-electron chi connectivity index (χ0n) is 11.6. The zero-order valence-corrected chi connectivity index (χ0v) is 11.6. The van der Waals surface area contributed by atoms with Crippen LogP contribution in [0.4, 0.5) is 13.2 Å². The van der Waals surface area contributed by atoms with Crippen molar-refractivity contribution in [3.8, 4) is 0 Å². The molecular formula is C13H15F3N2O3. The lowest BCUT2D eigenvalue weighted by Gasteiger charge is -2.32. The predicted octanol–water partition coefficient (Wildman–Crippen LogP) is 2.84. The van der Waals surface area contributed by atoms with Gasteiger partial charge >= 0.3 is 6.18 Å². The monoisotopic (exact) mass is 304 g/mol. The van der Waals surface area contributed by atoms with Gasteiger partial charge < -0.3 is 9.52 Å². The Kier molecular flexibility index (Phi) is 3.83. The van der Waals surface area contributed by atoms with Gasteiger partial charge in [-0.15, -0.1) is 0 Å². The molecule has 1 amide bonds. The summed E-state index contributed by atoms with van der Waals surface area (Å²) in [7, 11) is 0. The van der Waals surface area contributed by atoms with Crippen molar-refractivity contribution in [2.45, 2.75) is 45.0 Å². The standard InChI is InChI=1S/C13H15F3N2O3/c1-3-4-9-5-12(20,13(14,15)16)18(17-9)11(19)10-7-21-6-8(10)2/h6-7,20H,3-5H2,1-2H3/t12-/m1/s1. The summed E-state index contributed by atoms with van der Waals surface area (Å²) in [6, 6.07) is 0. The van der Waals surface area contributed by atoms with Crippen molar-refractivity contribution in [1.29, 1.82) is 0 Å². The van der Waals surface area contributed by atoms with Gasteiger partial charge in [0.2, 0.25) is 0 Å². The summed E-state index contributed by atoms with van der Waals surface area (Å²) >= 11 is 0. The highest BCUT2D eigenvalue weighted by atomic mass is 19.4. The second kappa shape index (κ2) is 5.18. The summed E-state index contributed by atoms with van der Waals surface area (Å²) in [6.45, 7) is 3.30. The highest BCUT2D eigenvalue weighted by molar-refractivity contribution is 5.99. The minimum absolute atomic E-state index is 0.0563. The molecule has 0 radical (unpaired) electrons. The van der Waals surface area contributed by atoms with E-state index in [1.165, 1.54) is 13.2 Å². The number of hydrogen-bond acceptors (Lipinski definition) is 4. The van der Waals surface area contributed by atoms with E-state index in [9.17, 15) is 23.1 Å². The molecule has 2 rings (SSSR count). The first-order valence-corrected chi connectivity index (χ1v) is 6.43. The molecule has 116 valence electrons. The van der Waals surface area contributed by atoms with Crippen LogP contribution >= 0.6 is 0 Å². The molecule has 0 aliphatic carbocycles. The molecule has 0 fully saturated rings. The average molecular weight is 304 g/mol. The number of furan rings is 1. The fourth-order valence-corrected chi connectivity index (χ4v) is 2.17. The van der Waals surface area contributed by atoms with Crippen molar-refractivity contribution < 1.29 is 27.5 Å². The van der Waals surface area contributed by atoms with E-state index in [1.54, 1.807) is 6.92 Å². The number of halogens is 3. The molecule has 0 saturated carbocycles. The summed E-state index contributed by atoms with van der Waals surface area (Å²) in [5.74, 6) is -1.04. The summed E-state index contributed by atoms with van der Waals surface area (Å²) < 4.78 is 44.3. The molecular weight excluding hydrogens is 289 g/mol. The smallest absolute Gasteiger partial charge is 0.438 e. The Morgan fingerprint density at radius 3 is 2.67 bits per heavy atom. The fraction of sp³-hybridized carbons (Fsp3) is 0.538. The van der Waals surface area contributed by atoms with Crippen LogP contribution in [-0.2, 0) is 0 Å². The molecule has 21 heavy (non-hydrogen) atoms. The van der Waals surface area contributed by atoms with Gasteiger partial charge in [0.25, 0.3) is 11.6 Å². The van der Waals surface area contributed by atoms with Crippen molar-refractivity contribution in [3.05, 3.63) is 23.7 Å². The third-order valence-electron chi connectivity index (χ3n) is 3.31. The van der Waals surface area contributed by atoms with E-state index in [4.69, 9.17) is 4.42 Å². The van der Waals surface area contributed by atoms with E-state index in [-0.39, 0.29) is 22.7 Å². The van der Waals surface area contributed by atoms with E-state index < -0.39 is 24.2 Å². The number of rotatable bonds is 3. The number of nitrogens with zero attached hydrogens (tertiary/aromatic N) is 2. The van der Waals surface area contributed by atoms with Crippen LogP contribution in [-0.4, -0.2) is 33.6 Å². The molecule has 0 saturated heterocycles. The van der Waals surface area contributed by atoms with Crippen molar-refractivity contribution in [2.24, 2.45) is 5.10 Å². The van der Waals surface area contributed by atoms with E-state index in [0.717, 1.165) is 6.26 Å². The summed E-state index contributed by atoms with van der Waals surface area (Å²) in [5.41, 5.74) is -2.84. The van der Waals surface area contributed by atoms with E-state index in [0.29, 0.717) is 12.0 Å². The number of carbonyl (C=O) groups is 1. The Balaban J connectivity index is 2.41. The van der Waals surface area contributed by atoms with E-state index in [2.05, 4.69) is 5.10 Å². The molecule has 2 heterocycles. The number of hydrogen-bond donors (Lipinski definition) is 1. The Morgan fingerprint density at radius 1 is 1.52 bits per heavy atom. The minimum Gasteiger partial charge on any atom is -0.471 e. The average Bonchev–Trinajstić information content (AvgIpc) is 2.93. The normalized spacial score (nSPS) is 22.6. The number of hydrazone groups is 1. The number of aryl methyl sites for hydroxylation is 1. The van der Waals surface area contributed by atoms with Gasteiger partial charge in [0, 0.05) is 17.7 Å². The quantitative estimate of drug-likeness (QED) is 0.933. The number of amides is 1. The largest absolute Gasteiger partial charge is 0.471 e. The molecule has 1 aliphatic heterocycles. The number of carbonyl (C=O) groups excluding carboxylic acids is 1. The van der Waals surface area contributed by atoms with Crippen LogP contribution < -0.4 is 0 Å². The van der Waals surface area contributed by atoms with Crippen LogP contribution in [0.25, 0.3) is 0 Å². The van der Waals surface area contributed by atoms with E-state index in [1.807, 2.05) is 0 Å². The third kappa shape index (κ3) is 2.55. The first-order chi connectivity index (χ1) is 9.70. The molecule has 0 aromatic carbocycles. The lowest BCUT2D eigenvalue weighted by atomic mass is 10.0. The highest BCUT2D eigenvalue weighted by Crippen LogP contribution is 2.41. The van der Waals surface area contributed by atoms with Crippen LogP contribution in [0.1, 0.15) is 42.1 Å². The lowest BCUT2D eigenvalue weighted by molar-refractivity contribution is -0.297. The highest BCUT2D eigenvalue weighted by Gasteiger charge is 2.63. The SMILES string of the molecule is CCCC1=NN(C(=O)c2cocc2C)[C@](O)(C(F)(F)F)C1. The molecule has 1 atom stereocenters. The van der Waals surface area contributed by atoms with E-state index >= 15 is 0 Å². The molecule has 1 aliphatic rings. The summed E-state index contributed by atoms with van der Waals surface area (Å²) in [6.07, 6.45) is -2.59. The summed E-state index contributed by atoms with van der Waals surface area (Å²) in [5, 5.41) is 13.8. The number of aliphatic hydroxyl groups is 1. The molecule has 1 N–H and O–H groups in total. The minimum atomic E-state index is -5.00. The van der Waals surface area contributed by atoms with Gasteiger partial charge in [-0.1, -0.05) is 13.3 Å². The predicted molar refractivity (Wildman–Crippen MR) is 67.6 cm³/mol. The Bertz CT molecular complexity index is 579. The molecule has 0 bridgehead atoms. The second-order valence-electron chi connectivity index (χ2n) is 4.99. The van der Waals surface area contributed by atoms with Crippen LogP contribution in [0.2, 0.25) is 0 Å². The zero-order chi connectivity index (χ0) is 15.8. The maximum absolute atomic E-state index is 13.2. The van der Waals surface area contributed by atoms with Crippen molar-refractivity contribution >= 4 is 11.6 Å². The van der Waals surface area contributed by atoms with Crippen LogP contribution in [0.15, 0.2) is 22.0 Å². The molecule has 0 spiro atoms. The molecule has 5 nitrogen and oxygen atoms in total. The maximum atomic E-state index is 13.2. The lowest BCUT2D eigenvalue weighted by Crippen LogP contribution is -2.56. The third-order valence-corrected chi connectivity index (χ3v) is 3.31. The van der Waals surface area contributed by atoms with Gasteiger partial charge in [0.05, 0.1) is 11.8 Å². The van der Waals surface area contributed by atoms with Gasteiger partial charge in [-0.25, -0.2) is 0 Å². The maximum Gasteiger partial charge on any atom is 0.438 e. The molecule has 0 unspecified atom stereocenters. The van der Waals surface area contributed by atoms with Gasteiger partial charge in [0.1, 0.15) is 6.26 Å². The van der Waals surface area contributed by atoms with Crippen LogP contribution in [0, 0.1) is 6.92 Å². The van der Waals surface area contributed by atoms with Gasteiger partial charge in [-0.05, 0) is 13.3 Å². The first-order valence-electron chi connectivity index (χ1n) is 6.43. The Labute approximate surface area is 119 Å². The molecule has 1 aromatic rings. The summed E-state index contributed by atoms with van der Waals surface area (Å²) in [4.78, 5) is 12.2. The van der Waals surface area contributed by atoms with Crippen molar-refractivity contribution in [2.75, 3.05) is 0 Å². The Hall–Kier alpha value is -1.83. The van der Waals surface area contributed by atoms with Gasteiger partial charge in [-0.2, -0.15) is 23.3 Å². The first kappa shape index (κ1) is 15.6. The van der Waals surface area contributed by atoms with Gasteiger partial charge in [-0.3, -0.25) is 4.79 Å². The fourth-order valence-electron chi connectivity index (χ4n) is 2.17. The van der Waals surface area contributed by atoms with Crippen LogP contribution in [0.3, 0.4) is 0 Å². The molecule has 8 heteroatoms. The van der Waals surface area contributed by atoms with Crippen molar-refractivity contribution in [3.63, 3.8) is 0 Å². The van der Waals surface area contributed by atoms with Crippen molar-refractivity contribution in [1.82, 2.24) is 5.01 Å². The Morgan fingerprint density at radius 2 is 2.19 bits per heavy atom. The molecule has 1 aromatic heterocycles. The topological polar surface area (TPSA) is 66.0 Å². The second-order valence-corrected chi connectivity index (χ2v) is 4.99.